The second kappa shape index (κ2) is 5.77. The van der Waals surface area contributed by atoms with Crippen molar-refractivity contribution >= 4 is 12.6 Å². The fraction of sp³-hybridized carbons (Fsp3) is 0.368. The molecule has 1 aliphatic rings. The summed E-state index contributed by atoms with van der Waals surface area (Å²) in [5, 5.41) is 0. The van der Waals surface area contributed by atoms with Crippen LogP contribution < -0.4 is 5.46 Å². The van der Waals surface area contributed by atoms with Crippen LogP contribution >= 0.6 is 0 Å². The highest BCUT2D eigenvalue weighted by Gasteiger charge is 2.51. The highest BCUT2D eigenvalue weighted by Crippen LogP contribution is 2.36. The van der Waals surface area contributed by atoms with Crippen LogP contribution in [0, 0.1) is 5.82 Å². The van der Waals surface area contributed by atoms with E-state index in [1.165, 1.54) is 6.07 Å². The van der Waals surface area contributed by atoms with Crippen molar-refractivity contribution in [1.82, 2.24) is 0 Å². The molecule has 0 radical (unpaired) electrons. The summed E-state index contributed by atoms with van der Waals surface area (Å²) in [5.41, 5.74) is 2.36. The molecule has 3 rings (SSSR count). The van der Waals surface area contributed by atoms with E-state index in [1.807, 2.05) is 52.0 Å². The molecule has 2 aromatic carbocycles. The molecule has 1 fully saturated rings. The molecule has 120 valence electrons. The van der Waals surface area contributed by atoms with E-state index in [0.29, 0.717) is 6.42 Å². The topological polar surface area (TPSA) is 18.5 Å². The van der Waals surface area contributed by atoms with Gasteiger partial charge in [-0.3, -0.25) is 0 Å². The van der Waals surface area contributed by atoms with Crippen molar-refractivity contribution in [2.75, 3.05) is 0 Å². The van der Waals surface area contributed by atoms with E-state index < -0.39 is 0 Å². The van der Waals surface area contributed by atoms with Crippen molar-refractivity contribution in [3.8, 4) is 0 Å². The molecule has 0 atom stereocenters. The molecule has 23 heavy (non-hydrogen) atoms. The number of rotatable bonds is 3. The maximum absolute atomic E-state index is 13.3. The second-order valence-electron chi connectivity index (χ2n) is 7.14. The van der Waals surface area contributed by atoms with Crippen molar-refractivity contribution in [3.63, 3.8) is 0 Å². The Balaban J connectivity index is 1.81. The van der Waals surface area contributed by atoms with Gasteiger partial charge in [-0.2, -0.15) is 0 Å². The van der Waals surface area contributed by atoms with Crippen LogP contribution in [0.2, 0.25) is 0 Å². The van der Waals surface area contributed by atoms with E-state index >= 15 is 0 Å². The van der Waals surface area contributed by atoms with Crippen molar-refractivity contribution in [1.29, 1.82) is 0 Å². The first-order valence-electron chi connectivity index (χ1n) is 7.96. The Bertz CT molecular complexity index is 696. The Morgan fingerprint density at radius 2 is 1.43 bits per heavy atom. The third kappa shape index (κ3) is 3.33. The lowest BCUT2D eigenvalue weighted by molar-refractivity contribution is 0.00578. The molecule has 0 bridgehead atoms. The molecule has 0 unspecified atom stereocenters. The summed E-state index contributed by atoms with van der Waals surface area (Å²) in [6.45, 7) is 8.18. The summed E-state index contributed by atoms with van der Waals surface area (Å²) in [5.74, 6) is -0.204. The van der Waals surface area contributed by atoms with Gasteiger partial charge in [0.05, 0.1) is 11.2 Å². The zero-order valence-corrected chi connectivity index (χ0v) is 14.1. The van der Waals surface area contributed by atoms with Gasteiger partial charge >= 0.3 is 7.12 Å². The van der Waals surface area contributed by atoms with Crippen molar-refractivity contribution in [2.24, 2.45) is 0 Å². The van der Waals surface area contributed by atoms with Gasteiger partial charge in [-0.1, -0.05) is 36.4 Å². The average Bonchev–Trinajstić information content (AvgIpc) is 2.68. The summed E-state index contributed by atoms with van der Waals surface area (Å²) in [6.07, 6.45) is 0.686. The van der Waals surface area contributed by atoms with Gasteiger partial charge in [0.2, 0.25) is 0 Å². The van der Waals surface area contributed by atoms with Crippen LogP contribution in [0.4, 0.5) is 4.39 Å². The Morgan fingerprint density at radius 1 is 0.870 bits per heavy atom. The van der Waals surface area contributed by atoms with Crippen LogP contribution in [-0.2, 0) is 15.7 Å². The smallest absolute Gasteiger partial charge is 0.399 e. The monoisotopic (exact) mass is 312 g/mol. The van der Waals surface area contributed by atoms with Crippen LogP contribution in [0.5, 0.6) is 0 Å². The molecule has 2 nitrogen and oxygen atoms in total. The Labute approximate surface area is 137 Å². The molecule has 4 heteroatoms. The first kappa shape index (κ1) is 16.2. The number of halogens is 1. The van der Waals surface area contributed by atoms with E-state index in [4.69, 9.17) is 9.31 Å². The van der Waals surface area contributed by atoms with E-state index in [9.17, 15) is 4.39 Å². The van der Waals surface area contributed by atoms with Gasteiger partial charge in [0.25, 0.3) is 0 Å². The summed E-state index contributed by atoms with van der Waals surface area (Å²) in [6, 6.07) is 14.8. The summed E-state index contributed by atoms with van der Waals surface area (Å²) in [4.78, 5) is 0. The van der Waals surface area contributed by atoms with Gasteiger partial charge in [0, 0.05) is 0 Å². The molecule has 0 spiro atoms. The van der Waals surface area contributed by atoms with Crippen LogP contribution in [0.15, 0.2) is 48.5 Å². The van der Waals surface area contributed by atoms with Crippen molar-refractivity contribution in [2.45, 2.75) is 45.3 Å². The molecule has 0 aliphatic carbocycles. The lowest BCUT2D eigenvalue weighted by Crippen LogP contribution is -2.41. The van der Waals surface area contributed by atoms with Gasteiger partial charge in [0.15, 0.2) is 0 Å². The predicted molar refractivity (Wildman–Crippen MR) is 91.4 cm³/mol. The molecule has 1 heterocycles. The van der Waals surface area contributed by atoms with Crippen molar-refractivity contribution < 1.29 is 13.7 Å². The molecule has 2 aromatic rings. The quantitative estimate of drug-likeness (QED) is 0.804. The lowest BCUT2D eigenvalue weighted by atomic mass is 9.78. The zero-order valence-electron chi connectivity index (χ0n) is 14.1. The maximum Gasteiger partial charge on any atom is 0.494 e. The fourth-order valence-electron chi connectivity index (χ4n) is 2.71. The van der Waals surface area contributed by atoms with Gasteiger partial charge in [0.1, 0.15) is 5.82 Å². The van der Waals surface area contributed by atoms with Crippen LogP contribution in [0.25, 0.3) is 0 Å². The summed E-state index contributed by atoms with van der Waals surface area (Å²) >= 11 is 0. The van der Waals surface area contributed by atoms with Crippen LogP contribution in [0.1, 0.15) is 38.8 Å². The molecule has 0 N–H and O–H groups in total. The SMILES string of the molecule is CC1(C)OB(c2cccc(Cc3cccc(F)c3)c2)OC1(C)C. The number of hydrogen-bond donors (Lipinski definition) is 0. The van der Waals surface area contributed by atoms with Crippen LogP contribution in [-0.4, -0.2) is 18.3 Å². The first-order valence-corrected chi connectivity index (χ1v) is 7.96. The maximum atomic E-state index is 13.3. The minimum absolute atomic E-state index is 0.204. The Morgan fingerprint density at radius 3 is 2.04 bits per heavy atom. The molecule has 0 saturated carbocycles. The van der Waals surface area contributed by atoms with Gasteiger partial charge < -0.3 is 9.31 Å². The third-order valence-electron chi connectivity index (χ3n) is 4.77. The normalized spacial score (nSPS) is 19.1. The molecule has 0 aromatic heterocycles. The standard InChI is InChI=1S/C19H22BFO2/c1-18(2)19(3,4)23-20(22-18)16-9-5-7-14(12-16)11-15-8-6-10-17(21)13-15/h5-10,12-13H,11H2,1-4H3. The highest BCUT2D eigenvalue weighted by atomic mass is 19.1. The molecular formula is C19H22BFO2. The Kier molecular flexibility index (Phi) is 4.07. The molecular weight excluding hydrogens is 290 g/mol. The molecule has 1 aliphatic heterocycles. The van der Waals surface area contributed by atoms with Gasteiger partial charge in [-0.15, -0.1) is 0 Å². The molecule has 1 saturated heterocycles. The van der Waals surface area contributed by atoms with E-state index in [-0.39, 0.29) is 24.1 Å². The van der Waals surface area contributed by atoms with E-state index in [2.05, 4.69) is 6.07 Å². The zero-order chi connectivity index (χ0) is 16.7. The number of benzene rings is 2. The van der Waals surface area contributed by atoms with E-state index in [0.717, 1.165) is 16.6 Å². The second-order valence-corrected chi connectivity index (χ2v) is 7.14. The lowest BCUT2D eigenvalue weighted by Gasteiger charge is -2.32. The number of hydrogen-bond acceptors (Lipinski definition) is 2. The summed E-state index contributed by atoms with van der Waals surface area (Å²) in [7, 11) is -0.368. The first-order chi connectivity index (χ1) is 10.8. The largest absolute Gasteiger partial charge is 0.494 e. The highest BCUT2D eigenvalue weighted by molar-refractivity contribution is 6.62. The fourth-order valence-corrected chi connectivity index (χ4v) is 2.71. The Hall–Kier alpha value is -1.65. The minimum atomic E-state index is -0.368. The van der Waals surface area contributed by atoms with E-state index in [1.54, 1.807) is 12.1 Å². The van der Waals surface area contributed by atoms with Crippen molar-refractivity contribution in [3.05, 3.63) is 65.5 Å². The summed E-state index contributed by atoms with van der Waals surface area (Å²) < 4.78 is 25.5. The minimum Gasteiger partial charge on any atom is -0.399 e. The predicted octanol–water partition coefficient (Wildman–Crippen LogP) is 3.72. The van der Waals surface area contributed by atoms with Gasteiger partial charge in [-0.25, -0.2) is 4.39 Å². The average molecular weight is 312 g/mol. The van der Waals surface area contributed by atoms with Gasteiger partial charge in [-0.05, 0) is 62.8 Å². The third-order valence-corrected chi connectivity index (χ3v) is 4.77. The van der Waals surface area contributed by atoms with Crippen LogP contribution in [0.3, 0.4) is 0 Å². The molecule has 0 amide bonds.